The fourth-order valence-electron chi connectivity index (χ4n) is 2.48. The van der Waals surface area contributed by atoms with E-state index in [-0.39, 0.29) is 10.8 Å². The summed E-state index contributed by atoms with van der Waals surface area (Å²) >= 11 is 0. The quantitative estimate of drug-likeness (QED) is 0.926. The van der Waals surface area contributed by atoms with Gasteiger partial charge in [-0.1, -0.05) is 19.9 Å². The van der Waals surface area contributed by atoms with E-state index >= 15 is 0 Å². The van der Waals surface area contributed by atoms with Crippen LogP contribution in [0.2, 0.25) is 0 Å². The second-order valence-corrected chi connectivity index (χ2v) is 6.17. The highest BCUT2D eigenvalue weighted by Crippen LogP contribution is 2.37. The lowest BCUT2D eigenvalue weighted by atomic mass is 9.84. The smallest absolute Gasteiger partial charge is 0.330 e. The standard InChI is InChI=1S/C16H19F3N2/c1-10-7-11(8-15(2,3)9-20)14-12(16(17,18)19)5-4-6-13(14)21-10/h4-7H,8-9,20H2,1-3H3. The summed E-state index contributed by atoms with van der Waals surface area (Å²) in [6.45, 7) is 6.10. The van der Waals surface area contributed by atoms with Crippen LogP contribution in [0.4, 0.5) is 13.2 Å². The van der Waals surface area contributed by atoms with Gasteiger partial charge in [0, 0.05) is 11.1 Å². The van der Waals surface area contributed by atoms with Gasteiger partial charge in [0.25, 0.3) is 0 Å². The number of benzene rings is 1. The number of hydrogen-bond acceptors (Lipinski definition) is 2. The maximum absolute atomic E-state index is 13.3. The molecule has 2 N–H and O–H groups in total. The predicted octanol–water partition coefficient (Wildman–Crippen LogP) is 4.09. The van der Waals surface area contributed by atoms with Crippen LogP contribution in [0.5, 0.6) is 0 Å². The van der Waals surface area contributed by atoms with E-state index in [0.29, 0.717) is 29.7 Å². The van der Waals surface area contributed by atoms with Crippen molar-refractivity contribution < 1.29 is 13.2 Å². The Morgan fingerprint density at radius 3 is 2.43 bits per heavy atom. The Morgan fingerprint density at radius 1 is 1.19 bits per heavy atom. The number of nitrogens with two attached hydrogens (primary N) is 1. The van der Waals surface area contributed by atoms with Gasteiger partial charge in [-0.25, -0.2) is 0 Å². The largest absolute Gasteiger partial charge is 0.417 e. The van der Waals surface area contributed by atoms with Crippen molar-refractivity contribution >= 4 is 10.9 Å². The maximum atomic E-state index is 13.3. The fourth-order valence-corrected chi connectivity index (χ4v) is 2.48. The molecule has 0 amide bonds. The third-order valence-corrected chi connectivity index (χ3v) is 3.57. The van der Waals surface area contributed by atoms with Crippen LogP contribution in [0, 0.1) is 12.3 Å². The summed E-state index contributed by atoms with van der Waals surface area (Å²) in [6.07, 6.45) is -3.91. The van der Waals surface area contributed by atoms with Crippen molar-refractivity contribution in [2.45, 2.75) is 33.4 Å². The Kier molecular flexibility index (Phi) is 3.97. The molecule has 0 aliphatic heterocycles. The molecule has 1 aromatic heterocycles. The first-order valence-corrected chi connectivity index (χ1v) is 6.80. The summed E-state index contributed by atoms with van der Waals surface area (Å²) in [5.41, 5.74) is 6.58. The Bertz CT molecular complexity index is 660. The third kappa shape index (κ3) is 3.35. The van der Waals surface area contributed by atoms with Crippen LogP contribution >= 0.6 is 0 Å². The monoisotopic (exact) mass is 296 g/mol. The Labute approximate surface area is 122 Å². The molecule has 1 aromatic carbocycles. The van der Waals surface area contributed by atoms with Gasteiger partial charge in [0.15, 0.2) is 0 Å². The summed E-state index contributed by atoms with van der Waals surface area (Å²) < 4.78 is 39.8. The number of alkyl halides is 3. The van der Waals surface area contributed by atoms with Gasteiger partial charge < -0.3 is 5.73 Å². The second-order valence-electron chi connectivity index (χ2n) is 6.17. The fraction of sp³-hybridized carbons (Fsp3) is 0.438. The average Bonchev–Trinajstić information content (AvgIpc) is 2.36. The van der Waals surface area contributed by atoms with E-state index in [1.807, 2.05) is 13.8 Å². The molecule has 0 aliphatic rings. The molecule has 1 heterocycles. The van der Waals surface area contributed by atoms with E-state index in [9.17, 15) is 13.2 Å². The molecule has 0 radical (unpaired) electrons. The van der Waals surface area contributed by atoms with Gasteiger partial charge in [-0.3, -0.25) is 4.98 Å². The first kappa shape index (κ1) is 15.8. The molecule has 21 heavy (non-hydrogen) atoms. The molecule has 0 saturated heterocycles. The predicted molar refractivity (Wildman–Crippen MR) is 78.0 cm³/mol. The molecule has 2 nitrogen and oxygen atoms in total. The summed E-state index contributed by atoms with van der Waals surface area (Å²) in [5, 5.41) is 0.192. The molecular weight excluding hydrogens is 277 g/mol. The number of aromatic nitrogens is 1. The molecule has 0 unspecified atom stereocenters. The zero-order valence-corrected chi connectivity index (χ0v) is 12.4. The van der Waals surface area contributed by atoms with Gasteiger partial charge in [-0.05, 0) is 49.1 Å². The minimum atomic E-state index is -4.39. The van der Waals surface area contributed by atoms with Crippen LogP contribution in [0.1, 0.15) is 30.7 Å². The number of rotatable bonds is 3. The van der Waals surface area contributed by atoms with Gasteiger partial charge in [0.1, 0.15) is 0 Å². The highest BCUT2D eigenvalue weighted by Gasteiger charge is 2.34. The summed E-state index contributed by atoms with van der Waals surface area (Å²) in [4.78, 5) is 4.24. The van der Waals surface area contributed by atoms with E-state index < -0.39 is 11.7 Å². The van der Waals surface area contributed by atoms with Gasteiger partial charge in [0.05, 0.1) is 11.1 Å². The second kappa shape index (κ2) is 5.30. The Hall–Kier alpha value is -1.62. The van der Waals surface area contributed by atoms with Crippen molar-refractivity contribution in [2.75, 3.05) is 6.54 Å². The molecule has 114 valence electrons. The van der Waals surface area contributed by atoms with Crippen LogP contribution in [0.15, 0.2) is 24.3 Å². The Balaban J connectivity index is 2.74. The molecule has 0 atom stereocenters. The van der Waals surface area contributed by atoms with E-state index in [2.05, 4.69) is 4.98 Å². The molecule has 0 spiro atoms. The number of hydrogen-bond donors (Lipinski definition) is 1. The van der Waals surface area contributed by atoms with Crippen molar-refractivity contribution in [3.05, 3.63) is 41.1 Å². The first-order chi connectivity index (χ1) is 9.64. The number of halogens is 3. The molecule has 0 bridgehead atoms. The van der Waals surface area contributed by atoms with E-state index in [0.717, 1.165) is 6.07 Å². The zero-order chi connectivity index (χ0) is 15.8. The van der Waals surface area contributed by atoms with Crippen LogP contribution in [-0.2, 0) is 12.6 Å². The minimum absolute atomic E-state index is 0.192. The van der Waals surface area contributed by atoms with Crippen molar-refractivity contribution in [2.24, 2.45) is 11.1 Å². The number of aryl methyl sites for hydroxylation is 1. The van der Waals surface area contributed by atoms with Gasteiger partial charge in [-0.15, -0.1) is 0 Å². The number of pyridine rings is 1. The molecule has 0 saturated carbocycles. The van der Waals surface area contributed by atoms with E-state index in [4.69, 9.17) is 5.73 Å². The van der Waals surface area contributed by atoms with Gasteiger partial charge in [0.2, 0.25) is 0 Å². The highest BCUT2D eigenvalue weighted by atomic mass is 19.4. The van der Waals surface area contributed by atoms with Crippen LogP contribution in [0.3, 0.4) is 0 Å². The van der Waals surface area contributed by atoms with Crippen LogP contribution in [-0.4, -0.2) is 11.5 Å². The van der Waals surface area contributed by atoms with Gasteiger partial charge in [-0.2, -0.15) is 13.2 Å². The number of nitrogens with zero attached hydrogens (tertiary/aromatic N) is 1. The lowest BCUT2D eigenvalue weighted by Gasteiger charge is -2.24. The molecule has 0 fully saturated rings. The molecule has 0 aliphatic carbocycles. The summed E-state index contributed by atoms with van der Waals surface area (Å²) in [5.74, 6) is 0. The first-order valence-electron chi connectivity index (χ1n) is 6.80. The molecular formula is C16H19F3N2. The zero-order valence-electron chi connectivity index (χ0n) is 12.4. The van der Waals surface area contributed by atoms with Crippen molar-refractivity contribution in [1.82, 2.24) is 4.98 Å². The van der Waals surface area contributed by atoms with Crippen molar-refractivity contribution in [3.63, 3.8) is 0 Å². The average molecular weight is 296 g/mol. The molecule has 5 heteroatoms. The highest BCUT2D eigenvalue weighted by molar-refractivity contribution is 5.86. The lowest BCUT2D eigenvalue weighted by molar-refractivity contribution is -0.136. The SMILES string of the molecule is Cc1cc(CC(C)(C)CN)c2c(C(F)(F)F)cccc2n1. The lowest BCUT2D eigenvalue weighted by Crippen LogP contribution is -2.26. The molecule has 2 aromatic rings. The van der Waals surface area contributed by atoms with E-state index in [1.165, 1.54) is 6.07 Å². The van der Waals surface area contributed by atoms with Gasteiger partial charge >= 0.3 is 6.18 Å². The van der Waals surface area contributed by atoms with E-state index in [1.54, 1.807) is 19.1 Å². The van der Waals surface area contributed by atoms with Crippen LogP contribution < -0.4 is 5.73 Å². The normalized spacial score (nSPS) is 12.9. The Morgan fingerprint density at radius 2 is 1.86 bits per heavy atom. The third-order valence-electron chi connectivity index (χ3n) is 3.57. The van der Waals surface area contributed by atoms with Crippen molar-refractivity contribution in [1.29, 1.82) is 0 Å². The maximum Gasteiger partial charge on any atom is 0.417 e. The topological polar surface area (TPSA) is 38.9 Å². The summed E-state index contributed by atoms with van der Waals surface area (Å²) in [7, 11) is 0. The van der Waals surface area contributed by atoms with Crippen LogP contribution in [0.25, 0.3) is 10.9 Å². The minimum Gasteiger partial charge on any atom is -0.330 e. The van der Waals surface area contributed by atoms with Crippen molar-refractivity contribution in [3.8, 4) is 0 Å². The summed E-state index contributed by atoms with van der Waals surface area (Å²) in [6, 6.07) is 5.86. The molecule has 2 rings (SSSR count). The number of fused-ring (bicyclic) bond motifs is 1.